The third-order valence-electron chi connectivity index (χ3n) is 6.51. The minimum absolute atomic E-state index is 0.0738. The fourth-order valence-corrected chi connectivity index (χ4v) is 4.88. The lowest BCUT2D eigenvalue weighted by Crippen LogP contribution is -2.47. The van der Waals surface area contributed by atoms with Gasteiger partial charge in [0.2, 0.25) is 5.91 Å². The number of fused-ring (bicyclic) bond motifs is 1. The summed E-state index contributed by atoms with van der Waals surface area (Å²) in [4.78, 5) is 30.8. The van der Waals surface area contributed by atoms with Crippen LogP contribution in [0.5, 0.6) is 11.5 Å². The zero-order valence-corrected chi connectivity index (χ0v) is 18.5. The van der Waals surface area contributed by atoms with Crippen LogP contribution in [0.3, 0.4) is 0 Å². The molecule has 31 heavy (non-hydrogen) atoms. The Hall–Kier alpha value is -3.02. The van der Waals surface area contributed by atoms with Crippen molar-refractivity contribution in [1.82, 2.24) is 9.80 Å². The molecular formula is C25H30N2O4. The molecule has 1 saturated heterocycles. The Balaban J connectivity index is 1.83. The molecule has 0 radical (unpaired) electrons. The summed E-state index contributed by atoms with van der Waals surface area (Å²) in [7, 11) is 4.96. The Morgan fingerprint density at radius 1 is 0.935 bits per heavy atom. The summed E-state index contributed by atoms with van der Waals surface area (Å²) >= 11 is 0. The second-order valence-corrected chi connectivity index (χ2v) is 8.28. The highest BCUT2D eigenvalue weighted by molar-refractivity contribution is 6.01. The van der Waals surface area contributed by atoms with E-state index in [0.29, 0.717) is 17.1 Å². The summed E-state index contributed by atoms with van der Waals surface area (Å²) in [5.41, 5.74) is 2.27. The summed E-state index contributed by atoms with van der Waals surface area (Å²) in [6.07, 6.45) is 4.36. The average Bonchev–Trinajstić information content (AvgIpc) is 3.10. The third-order valence-corrected chi connectivity index (χ3v) is 6.51. The van der Waals surface area contributed by atoms with Gasteiger partial charge in [0.05, 0.1) is 26.2 Å². The van der Waals surface area contributed by atoms with E-state index >= 15 is 0 Å². The van der Waals surface area contributed by atoms with Crippen LogP contribution in [0.4, 0.5) is 0 Å². The van der Waals surface area contributed by atoms with Crippen LogP contribution in [0, 0.1) is 0 Å². The number of ether oxygens (including phenoxy) is 2. The first-order valence-electron chi connectivity index (χ1n) is 10.9. The number of rotatable bonds is 4. The molecule has 0 bridgehead atoms. The maximum atomic E-state index is 13.9. The number of likely N-dealkylation sites (N-methyl/N-ethyl adjacent to an activating group) is 1. The highest BCUT2D eigenvalue weighted by Gasteiger charge is 2.44. The molecule has 0 aliphatic carbocycles. The molecule has 0 N–H and O–H groups in total. The van der Waals surface area contributed by atoms with Gasteiger partial charge in [-0.2, -0.15) is 0 Å². The molecule has 2 aliphatic rings. The fourth-order valence-electron chi connectivity index (χ4n) is 4.88. The predicted molar refractivity (Wildman–Crippen MR) is 119 cm³/mol. The molecule has 164 valence electrons. The van der Waals surface area contributed by atoms with E-state index in [2.05, 4.69) is 0 Å². The van der Waals surface area contributed by atoms with Crippen LogP contribution in [0.1, 0.15) is 59.1 Å². The number of benzene rings is 2. The number of likely N-dealkylation sites (tertiary alicyclic amines) is 1. The van der Waals surface area contributed by atoms with Crippen LogP contribution in [0.2, 0.25) is 0 Å². The SMILES string of the molecule is COc1ccc(C2C(C(=O)N3CCCCCC3)c3ccccc3C(=O)N2C)cc1OC. The Kier molecular flexibility index (Phi) is 6.16. The van der Waals surface area contributed by atoms with Gasteiger partial charge in [-0.15, -0.1) is 0 Å². The molecule has 0 aromatic heterocycles. The topological polar surface area (TPSA) is 59.1 Å². The van der Waals surface area contributed by atoms with E-state index < -0.39 is 12.0 Å². The number of nitrogens with zero attached hydrogens (tertiary/aromatic N) is 2. The molecule has 0 spiro atoms. The second-order valence-electron chi connectivity index (χ2n) is 8.28. The van der Waals surface area contributed by atoms with Gasteiger partial charge < -0.3 is 19.3 Å². The number of hydrogen-bond acceptors (Lipinski definition) is 4. The van der Waals surface area contributed by atoms with E-state index in [9.17, 15) is 9.59 Å². The number of carbonyl (C=O) groups is 2. The largest absolute Gasteiger partial charge is 0.493 e. The third kappa shape index (κ3) is 3.87. The standard InChI is InChI=1S/C25H30N2O4/c1-26-23(17-12-13-20(30-2)21(16-17)31-3)22(18-10-6-7-11-19(18)24(26)28)25(29)27-14-8-4-5-9-15-27/h6-7,10-13,16,22-23H,4-5,8-9,14-15H2,1-3H3. The first kappa shape index (κ1) is 21.2. The quantitative estimate of drug-likeness (QED) is 0.747. The van der Waals surface area contributed by atoms with Gasteiger partial charge in [0.15, 0.2) is 11.5 Å². The summed E-state index contributed by atoms with van der Waals surface area (Å²) in [5, 5.41) is 0. The molecule has 6 heteroatoms. The van der Waals surface area contributed by atoms with Crippen molar-refractivity contribution in [1.29, 1.82) is 0 Å². The number of methoxy groups -OCH3 is 2. The highest BCUT2D eigenvalue weighted by atomic mass is 16.5. The predicted octanol–water partition coefficient (Wildman–Crippen LogP) is 4.02. The van der Waals surface area contributed by atoms with Gasteiger partial charge in [0.1, 0.15) is 0 Å². The van der Waals surface area contributed by atoms with E-state index in [4.69, 9.17) is 9.47 Å². The molecule has 2 aromatic carbocycles. The van der Waals surface area contributed by atoms with Crippen LogP contribution < -0.4 is 9.47 Å². The smallest absolute Gasteiger partial charge is 0.254 e. The monoisotopic (exact) mass is 422 g/mol. The van der Waals surface area contributed by atoms with Gasteiger partial charge in [-0.3, -0.25) is 9.59 Å². The van der Waals surface area contributed by atoms with Gasteiger partial charge in [0.25, 0.3) is 5.91 Å². The maximum Gasteiger partial charge on any atom is 0.254 e. The van der Waals surface area contributed by atoms with Crippen molar-refractivity contribution >= 4 is 11.8 Å². The van der Waals surface area contributed by atoms with E-state index in [1.165, 1.54) is 0 Å². The lowest BCUT2D eigenvalue weighted by molar-refractivity contribution is -0.134. The van der Waals surface area contributed by atoms with Crippen LogP contribution in [0.15, 0.2) is 42.5 Å². The number of amides is 2. The minimum atomic E-state index is -0.463. The van der Waals surface area contributed by atoms with Crippen LogP contribution >= 0.6 is 0 Å². The second kappa shape index (κ2) is 9.00. The summed E-state index contributed by atoms with van der Waals surface area (Å²) in [6, 6.07) is 12.7. The van der Waals surface area contributed by atoms with Crippen molar-refractivity contribution < 1.29 is 19.1 Å². The lowest BCUT2D eigenvalue weighted by atomic mass is 9.79. The van der Waals surface area contributed by atoms with E-state index in [1.807, 2.05) is 47.4 Å². The molecule has 2 aliphatic heterocycles. The van der Waals surface area contributed by atoms with Gasteiger partial charge in [-0.1, -0.05) is 37.1 Å². The van der Waals surface area contributed by atoms with Crippen molar-refractivity contribution in [2.75, 3.05) is 34.4 Å². The van der Waals surface area contributed by atoms with Crippen LogP contribution in [0.25, 0.3) is 0 Å². The molecular weight excluding hydrogens is 392 g/mol. The van der Waals surface area contributed by atoms with Crippen molar-refractivity contribution in [3.8, 4) is 11.5 Å². The zero-order valence-electron chi connectivity index (χ0n) is 18.5. The van der Waals surface area contributed by atoms with Crippen LogP contribution in [-0.4, -0.2) is 56.0 Å². The molecule has 1 fully saturated rings. The zero-order chi connectivity index (χ0) is 22.0. The Bertz CT molecular complexity index is 966. The normalized spacial score (nSPS) is 21.3. The van der Waals surface area contributed by atoms with E-state index in [-0.39, 0.29) is 11.8 Å². The van der Waals surface area contributed by atoms with Gasteiger partial charge in [-0.05, 0) is 42.2 Å². The molecule has 2 atom stereocenters. The van der Waals surface area contributed by atoms with E-state index in [0.717, 1.165) is 49.9 Å². The Labute approximate surface area is 183 Å². The summed E-state index contributed by atoms with van der Waals surface area (Å²) < 4.78 is 10.9. The molecule has 2 heterocycles. The summed E-state index contributed by atoms with van der Waals surface area (Å²) in [5.74, 6) is 0.756. The number of carbonyl (C=O) groups excluding carboxylic acids is 2. The highest BCUT2D eigenvalue weighted by Crippen LogP contribution is 2.44. The fraction of sp³-hybridized carbons (Fsp3) is 0.440. The molecule has 2 amide bonds. The van der Waals surface area contributed by atoms with Crippen molar-refractivity contribution in [2.45, 2.75) is 37.6 Å². The van der Waals surface area contributed by atoms with Crippen LogP contribution in [-0.2, 0) is 4.79 Å². The molecule has 2 unspecified atom stereocenters. The van der Waals surface area contributed by atoms with E-state index in [1.54, 1.807) is 26.2 Å². The van der Waals surface area contributed by atoms with Crippen molar-refractivity contribution in [3.05, 3.63) is 59.2 Å². The first-order valence-corrected chi connectivity index (χ1v) is 10.9. The lowest BCUT2D eigenvalue weighted by Gasteiger charge is -2.41. The maximum absolute atomic E-state index is 13.9. The van der Waals surface area contributed by atoms with Crippen molar-refractivity contribution in [2.24, 2.45) is 0 Å². The molecule has 2 aromatic rings. The minimum Gasteiger partial charge on any atom is -0.493 e. The first-order chi connectivity index (χ1) is 15.1. The Morgan fingerprint density at radius 2 is 1.61 bits per heavy atom. The van der Waals surface area contributed by atoms with Gasteiger partial charge in [0, 0.05) is 25.7 Å². The molecule has 0 saturated carbocycles. The van der Waals surface area contributed by atoms with Gasteiger partial charge in [-0.25, -0.2) is 0 Å². The Morgan fingerprint density at radius 3 is 2.29 bits per heavy atom. The average molecular weight is 423 g/mol. The summed E-state index contributed by atoms with van der Waals surface area (Å²) in [6.45, 7) is 1.54. The molecule has 6 nitrogen and oxygen atoms in total. The molecule has 4 rings (SSSR count). The van der Waals surface area contributed by atoms with Gasteiger partial charge >= 0.3 is 0 Å². The number of hydrogen-bond donors (Lipinski definition) is 0. The van der Waals surface area contributed by atoms with Crippen molar-refractivity contribution in [3.63, 3.8) is 0 Å².